The summed E-state index contributed by atoms with van der Waals surface area (Å²) in [4.78, 5) is 9.16. The summed E-state index contributed by atoms with van der Waals surface area (Å²) < 4.78 is 0. The van der Waals surface area contributed by atoms with Crippen molar-refractivity contribution in [2.45, 2.75) is 36.7 Å². The molecule has 0 aliphatic heterocycles. The van der Waals surface area contributed by atoms with Gasteiger partial charge in [-0.3, -0.25) is 0 Å². The van der Waals surface area contributed by atoms with Crippen molar-refractivity contribution in [1.29, 1.82) is 0 Å². The van der Waals surface area contributed by atoms with Crippen molar-refractivity contribution in [1.82, 2.24) is 9.97 Å². The van der Waals surface area contributed by atoms with E-state index in [9.17, 15) is 0 Å². The van der Waals surface area contributed by atoms with Crippen molar-refractivity contribution in [2.75, 3.05) is 5.43 Å². The fourth-order valence-corrected chi connectivity index (χ4v) is 3.82. The first-order valence-corrected chi connectivity index (χ1v) is 8.41. The smallest absolute Gasteiger partial charge is 0.144 e. The predicted octanol–water partition coefficient (Wildman–Crippen LogP) is 3.61. The fraction of sp³-hybridized carbons (Fsp3) is 0.375. The van der Waals surface area contributed by atoms with Gasteiger partial charge < -0.3 is 5.43 Å². The number of thioether (sulfide) groups is 1. The minimum atomic E-state index is 0.672. The Kier molecular flexibility index (Phi) is 4.72. The summed E-state index contributed by atoms with van der Waals surface area (Å²) in [6, 6.07) is 12.0. The van der Waals surface area contributed by atoms with Gasteiger partial charge in [0.05, 0.1) is 11.4 Å². The molecule has 0 spiro atoms. The molecular formula is C16H20N4S. The van der Waals surface area contributed by atoms with Crippen LogP contribution >= 0.6 is 11.8 Å². The molecule has 0 bridgehead atoms. The minimum Gasteiger partial charge on any atom is -0.308 e. The molecule has 110 valence electrons. The lowest BCUT2D eigenvalue weighted by atomic mass is 10.1. The molecule has 0 radical (unpaired) electrons. The van der Waals surface area contributed by atoms with Crippen molar-refractivity contribution >= 4 is 17.6 Å². The van der Waals surface area contributed by atoms with Gasteiger partial charge in [0.15, 0.2) is 0 Å². The third-order valence-corrected chi connectivity index (χ3v) is 5.11. The molecule has 0 saturated heterocycles. The first-order valence-electron chi connectivity index (χ1n) is 7.37. The molecule has 21 heavy (non-hydrogen) atoms. The second-order valence-electron chi connectivity index (χ2n) is 5.28. The van der Waals surface area contributed by atoms with Crippen LogP contribution in [0.4, 0.5) is 5.82 Å². The van der Waals surface area contributed by atoms with Gasteiger partial charge in [-0.1, -0.05) is 43.2 Å². The maximum Gasteiger partial charge on any atom is 0.144 e. The van der Waals surface area contributed by atoms with E-state index >= 15 is 0 Å². The fourth-order valence-electron chi connectivity index (χ4n) is 2.64. The molecule has 1 aromatic heterocycles. The molecule has 0 atom stereocenters. The summed E-state index contributed by atoms with van der Waals surface area (Å²) in [5.41, 5.74) is 4.65. The van der Waals surface area contributed by atoms with E-state index < -0.39 is 0 Å². The lowest BCUT2D eigenvalue weighted by molar-refractivity contribution is 0.886. The maximum absolute atomic E-state index is 5.54. The van der Waals surface area contributed by atoms with Crippen LogP contribution in [0.15, 0.2) is 36.4 Å². The van der Waals surface area contributed by atoms with Crippen LogP contribution in [-0.2, 0) is 5.75 Å². The number of nitrogen functional groups attached to an aromatic ring is 1. The highest BCUT2D eigenvalue weighted by Gasteiger charge is 2.16. The average Bonchev–Trinajstić information content (AvgIpc) is 3.07. The maximum atomic E-state index is 5.54. The second kappa shape index (κ2) is 6.91. The summed E-state index contributed by atoms with van der Waals surface area (Å²) in [5.74, 6) is 7.90. The zero-order valence-corrected chi connectivity index (χ0v) is 12.8. The molecule has 1 aliphatic carbocycles. The van der Waals surface area contributed by atoms with Gasteiger partial charge in [-0.05, 0) is 12.8 Å². The molecule has 4 nitrogen and oxygen atoms in total. The summed E-state index contributed by atoms with van der Waals surface area (Å²) in [6.45, 7) is 0. The molecule has 5 heteroatoms. The van der Waals surface area contributed by atoms with Gasteiger partial charge in [0, 0.05) is 16.9 Å². The molecule has 1 aromatic carbocycles. The molecule has 1 saturated carbocycles. The Labute approximate surface area is 129 Å². The van der Waals surface area contributed by atoms with Crippen LogP contribution in [0, 0.1) is 0 Å². The second-order valence-corrected chi connectivity index (χ2v) is 6.57. The van der Waals surface area contributed by atoms with Gasteiger partial charge in [0.25, 0.3) is 0 Å². The lowest BCUT2D eigenvalue weighted by Crippen LogP contribution is -2.11. The Hall–Kier alpha value is -1.59. The van der Waals surface area contributed by atoms with Gasteiger partial charge in [0.2, 0.25) is 0 Å². The number of anilines is 1. The van der Waals surface area contributed by atoms with Crippen molar-refractivity contribution in [3.05, 3.63) is 42.2 Å². The molecule has 0 unspecified atom stereocenters. The molecule has 0 amide bonds. The number of benzene rings is 1. The zero-order valence-electron chi connectivity index (χ0n) is 12.0. The highest BCUT2D eigenvalue weighted by atomic mass is 32.2. The number of nitrogens with zero attached hydrogens (tertiary/aromatic N) is 2. The van der Waals surface area contributed by atoms with Crippen LogP contribution in [0.25, 0.3) is 11.3 Å². The van der Waals surface area contributed by atoms with Gasteiger partial charge in [-0.15, -0.1) is 0 Å². The molecule has 1 aliphatic rings. The van der Waals surface area contributed by atoms with Gasteiger partial charge in [-0.2, -0.15) is 11.8 Å². The number of aromatic nitrogens is 2. The number of hydrogen-bond acceptors (Lipinski definition) is 5. The predicted molar refractivity (Wildman–Crippen MR) is 88.8 cm³/mol. The zero-order chi connectivity index (χ0) is 14.5. The number of hydrazine groups is 1. The minimum absolute atomic E-state index is 0.672. The normalized spacial score (nSPS) is 15.3. The van der Waals surface area contributed by atoms with Crippen LogP contribution in [0.3, 0.4) is 0 Å². The van der Waals surface area contributed by atoms with E-state index in [1.807, 2.05) is 36.0 Å². The first kappa shape index (κ1) is 14.4. The average molecular weight is 300 g/mol. The highest BCUT2D eigenvalue weighted by Crippen LogP contribution is 2.31. The monoisotopic (exact) mass is 300 g/mol. The molecule has 1 heterocycles. The van der Waals surface area contributed by atoms with Gasteiger partial charge in [-0.25, -0.2) is 15.8 Å². The Morgan fingerprint density at radius 2 is 1.90 bits per heavy atom. The summed E-state index contributed by atoms with van der Waals surface area (Å²) in [5, 5.41) is 0.767. The van der Waals surface area contributed by atoms with E-state index in [0.29, 0.717) is 5.82 Å². The SMILES string of the molecule is NNc1cc(-c2ccccc2)nc(CSC2CCCC2)n1. The van der Waals surface area contributed by atoms with Crippen LogP contribution in [0.1, 0.15) is 31.5 Å². The molecular weight excluding hydrogens is 280 g/mol. The summed E-state index contributed by atoms with van der Waals surface area (Å²) in [6.07, 6.45) is 5.37. The van der Waals surface area contributed by atoms with E-state index in [-0.39, 0.29) is 0 Å². The molecule has 1 fully saturated rings. The van der Waals surface area contributed by atoms with E-state index in [1.165, 1.54) is 25.7 Å². The highest BCUT2D eigenvalue weighted by molar-refractivity contribution is 7.99. The van der Waals surface area contributed by atoms with Gasteiger partial charge >= 0.3 is 0 Å². The van der Waals surface area contributed by atoms with Crippen LogP contribution in [0.5, 0.6) is 0 Å². The van der Waals surface area contributed by atoms with E-state index in [0.717, 1.165) is 28.1 Å². The molecule has 3 N–H and O–H groups in total. The van der Waals surface area contributed by atoms with E-state index in [1.54, 1.807) is 0 Å². The third kappa shape index (κ3) is 3.74. The largest absolute Gasteiger partial charge is 0.308 e. The first-order chi connectivity index (χ1) is 10.3. The molecule has 3 rings (SSSR count). The van der Waals surface area contributed by atoms with Crippen LogP contribution in [-0.4, -0.2) is 15.2 Å². The Morgan fingerprint density at radius 1 is 1.14 bits per heavy atom. The topological polar surface area (TPSA) is 63.8 Å². The van der Waals surface area contributed by atoms with Crippen molar-refractivity contribution < 1.29 is 0 Å². The van der Waals surface area contributed by atoms with E-state index in [4.69, 9.17) is 5.84 Å². The Bertz CT molecular complexity index is 582. The van der Waals surface area contributed by atoms with Crippen molar-refractivity contribution in [3.8, 4) is 11.3 Å². The third-order valence-electron chi connectivity index (χ3n) is 3.74. The van der Waals surface area contributed by atoms with Crippen molar-refractivity contribution in [3.63, 3.8) is 0 Å². The standard InChI is InChI=1S/C16H20N4S/c17-20-15-10-14(12-6-2-1-3-7-12)18-16(19-15)11-21-13-8-4-5-9-13/h1-3,6-7,10,13H,4-5,8-9,11,17H2,(H,18,19,20). The van der Waals surface area contributed by atoms with Crippen LogP contribution in [0.2, 0.25) is 0 Å². The number of nitrogens with one attached hydrogen (secondary N) is 1. The van der Waals surface area contributed by atoms with E-state index in [2.05, 4.69) is 27.5 Å². The number of nitrogens with two attached hydrogens (primary N) is 1. The Balaban J connectivity index is 1.79. The van der Waals surface area contributed by atoms with Crippen LogP contribution < -0.4 is 11.3 Å². The van der Waals surface area contributed by atoms with Gasteiger partial charge in [0.1, 0.15) is 11.6 Å². The molecule has 2 aromatic rings. The number of hydrogen-bond donors (Lipinski definition) is 2. The van der Waals surface area contributed by atoms with Crippen molar-refractivity contribution in [2.24, 2.45) is 5.84 Å². The Morgan fingerprint density at radius 3 is 2.62 bits per heavy atom. The summed E-state index contributed by atoms with van der Waals surface area (Å²) in [7, 11) is 0. The summed E-state index contributed by atoms with van der Waals surface area (Å²) >= 11 is 1.97. The lowest BCUT2D eigenvalue weighted by Gasteiger charge is -2.10. The number of rotatable bonds is 5. The quantitative estimate of drug-likeness (QED) is 0.652.